The van der Waals surface area contributed by atoms with Gasteiger partial charge in [0.05, 0.1) is 4.90 Å². The Morgan fingerprint density at radius 3 is 2.22 bits per heavy atom. The zero-order chi connectivity index (χ0) is 20.0. The number of nitrogens with zero attached hydrogens (tertiary/aromatic N) is 1. The van der Waals surface area contributed by atoms with Crippen molar-refractivity contribution in [1.29, 1.82) is 0 Å². The lowest BCUT2D eigenvalue weighted by molar-refractivity contribution is -0.116. The molecule has 0 fully saturated rings. The first-order chi connectivity index (χ1) is 12.8. The van der Waals surface area contributed by atoms with Crippen molar-refractivity contribution in [3.63, 3.8) is 0 Å². The summed E-state index contributed by atoms with van der Waals surface area (Å²) < 4.78 is 26.4. The first-order valence-corrected chi connectivity index (χ1v) is 10.7. The van der Waals surface area contributed by atoms with Crippen LogP contribution in [-0.4, -0.2) is 31.7 Å². The Balaban J connectivity index is 1.99. The van der Waals surface area contributed by atoms with E-state index >= 15 is 0 Å². The van der Waals surface area contributed by atoms with Crippen molar-refractivity contribution >= 4 is 21.6 Å². The van der Waals surface area contributed by atoms with E-state index in [-0.39, 0.29) is 10.8 Å². The van der Waals surface area contributed by atoms with E-state index in [0.717, 1.165) is 22.4 Å². The molecule has 2 rings (SSSR count). The highest BCUT2D eigenvalue weighted by atomic mass is 32.2. The summed E-state index contributed by atoms with van der Waals surface area (Å²) in [7, 11) is -3.44. The van der Waals surface area contributed by atoms with E-state index in [1.54, 1.807) is 24.3 Å². The molecule has 0 saturated heterocycles. The molecule has 146 valence electrons. The smallest absolute Gasteiger partial charge is 0.243 e. The molecule has 0 radical (unpaired) electrons. The molecule has 0 aliphatic carbocycles. The average Bonchev–Trinajstić information content (AvgIpc) is 2.65. The molecule has 0 heterocycles. The summed E-state index contributed by atoms with van der Waals surface area (Å²) in [5, 5.41) is 2.95. The van der Waals surface area contributed by atoms with E-state index in [2.05, 4.69) is 5.32 Å². The SMILES string of the molecule is CCN(CC)S(=O)(=O)c1ccc(CCC(=O)Nc2cccc(C)c2C)cc1. The third kappa shape index (κ3) is 5.17. The zero-order valence-electron chi connectivity index (χ0n) is 16.5. The molecule has 0 unspecified atom stereocenters. The van der Waals surface area contributed by atoms with Gasteiger partial charge in [0.25, 0.3) is 0 Å². The molecule has 1 amide bonds. The van der Waals surface area contributed by atoms with E-state index in [1.165, 1.54) is 4.31 Å². The Morgan fingerprint density at radius 2 is 1.63 bits per heavy atom. The lowest BCUT2D eigenvalue weighted by atomic mass is 10.1. The molecule has 0 aliphatic rings. The minimum Gasteiger partial charge on any atom is -0.326 e. The van der Waals surface area contributed by atoms with Gasteiger partial charge in [0.1, 0.15) is 0 Å². The van der Waals surface area contributed by atoms with Gasteiger partial charge < -0.3 is 5.32 Å². The van der Waals surface area contributed by atoms with Gasteiger partial charge in [-0.05, 0) is 55.2 Å². The maximum atomic E-state index is 12.5. The molecule has 2 aromatic carbocycles. The monoisotopic (exact) mass is 388 g/mol. The van der Waals surface area contributed by atoms with Crippen LogP contribution in [0.15, 0.2) is 47.4 Å². The molecular formula is C21H28N2O3S. The molecule has 5 nitrogen and oxygen atoms in total. The summed E-state index contributed by atoms with van der Waals surface area (Å²) in [5.41, 5.74) is 3.97. The first kappa shape index (κ1) is 21.1. The maximum Gasteiger partial charge on any atom is 0.243 e. The van der Waals surface area contributed by atoms with Crippen LogP contribution in [0.2, 0.25) is 0 Å². The van der Waals surface area contributed by atoms with Gasteiger partial charge in [0.15, 0.2) is 0 Å². The normalized spacial score (nSPS) is 11.6. The second-order valence-corrected chi connectivity index (χ2v) is 8.47. The van der Waals surface area contributed by atoms with Gasteiger partial charge in [-0.15, -0.1) is 0 Å². The van der Waals surface area contributed by atoms with Crippen molar-refractivity contribution in [3.05, 3.63) is 59.2 Å². The average molecular weight is 389 g/mol. The molecule has 0 aromatic heterocycles. The molecule has 0 aliphatic heterocycles. The second-order valence-electron chi connectivity index (χ2n) is 6.53. The van der Waals surface area contributed by atoms with Crippen molar-refractivity contribution in [2.24, 2.45) is 0 Å². The summed E-state index contributed by atoms with van der Waals surface area (Å²) in [6, 6.07) is 12.6. The Morgan fingerprint density at radius 1 is 1.00 bits per heavy atom. The predicted octanol–water partition coefficient (Wildman–Crippen LogP) is 3.91. The standard InChI is InChI=1S/C21H28N2O3S/c1-5-23(6-2)27(25,26)19-13-10-18(11-14-19)12-15-21(24)22-20-9-7-8-16(3)17(20)4/h7-11,13-14H,5-6,12,15H2,1-4H3,(H,22,24). The van der Waals surface area contributed by atoms with Gasteiger partial charge in [0, 0.05) is 25.2 Å². The molecule has 0 bridgehead atoms. The number of rotatable bonds is 8. The highest BCUT2D eigenvalue weighted by Gasteiger charge is 2.21. The number of sulfonamides is 1. The number of carbonyl (C=O) groups is 1. The Kier molecular flexibility index (Phi) is 7.16. The number of aryl methyl sites for hydroxylation is 2. The number of amides is 1. The summed E-state index contributed by atoms with van der Waals surface area (Å²) >= 11 is 0. The van der Waals surface area contributed by atoms with Crippen LogP contribution in [0.25, 0.3) is 0 Å². The number of nitrogens with one attached hydrogen (secondary N) is 1. The number of carbonyl (C=O) groups excluding carboxylic acids is 1. The van der Waals surface area contributed by atoms with Crippen LogP contribution in [0.1, 0.15) is 37.0 Å². The molecule has 1 N–H and O–H groups in total. The van der Waals surface area contributed by atoms with E-state index < -0.39 is 10.0 Å². The fourth-order valence-electron chi connectivity index (χ4n) is 2.90. The van der Waals surface area contributed by atoms with Gasteiger partial charge in [-0.25, -0.2) is 8.42 Å². The van der Waals surface area contributed by atoms with Crippen LogP contribution >= 0.6 is 0 Å². The van der Waals surface area contributed by atoms with Crippen LogP contribution in [0, 0.1) is 13.8 Å². The van der Waals surface area contributed by atoms with Gasteiger partial charge in [-0.1, -0.05) is 38.1 Å². The van der Waals surface area contributed by atoms with Crippen LogP contribution < -0.4 is 5.32 Å². The van der Waals surface area contributed by atoms with Crippen LogP contribution in [0.4, 0.5) is 5.69 Å². The summed E-state index contributed by atoms with van der Waals surface area (Å²) in [6.45, 7) is 8.53. The predicted molar refractivity (Wildman–Crippen MR) is 109 cm³/mol. The Hall–Kier alpha value is -2.18. The minimum absolute atomic E-state index is 0.0523. The van der Waals surface area contributed by atoms with E-state index in [9.17, 15) is 13.2 Å². The number of hydrogen-bond donors (Lipinski definition) is 1. The molecule has 0 spiro atoms. The van der Waals surface area contributed by atoms with Gasteiger partial charge >= 0.3 is 0 Å². The second kappa shape index (κ2) is 9.15. The highest BCUT2D eigenvalue weighted by Crippen LogP contribution is 2.19. The van der Waals surface area contributed by atoms with Crippen LogP contribution in [0.5, 0.6) is 0 Å². The van der Waals surface area contributed by atoms with Crippen molar-refractivity contribution in [1.82, 2.24) is 4.31 Å². The lowest BCUT2D eigenvalue weighted by Gasteiger charge is -2.18. The first-order valence-electron chi connectivity index (χ1n) is 9.24. The number of anilines is 1. The maximum absolute atomic E-state index is 12.5. The van der Waals surface area contributed by atoms with Crippen LogP contribution in [-0.2, 0) is 21.2 Å². The minimum atomic E-state index is -3.44. The largest absolute Gasteiger partial charge is 0.326 e. The number of hydrogen-bond acceptors (Lipinski definition) is 3. The van der Waals surface area contributed by atoms with E-state index in [0.29, 0.717) is 25.9 Å². The third-order valence-electron chi connectivity index (χ3n) is 4.79. The topological polar surface area (TPSA) is 66.5 Å². The fourth-order valence-corrected chi connectivity index (χ4v) is 4.36. The molecule has 0 atom stereocenters. The van der Waals surface area contributed by atoms with Gasteiger partial charge in [-0.3, -0.25) is 4.79 Å². The van der Waals surface area contributed by atoms with Crippen molar-refractivity contribution in [2.75, 3.05) is 18.4 Å². The Bertz CT molecular complexity index is 886. The Labute approximate surface area is 162 Å². The molecule has 6 heteroatoms. The molecule has 2 aromatic rings. The molecular weight excluding hydrogens is 360 g/mol. The third-order valence-corrected chi connectivity index (χ3v) is 6.85. The summed E-state index contributed by atoms with van der Waals surface area (Å²) in [6.07, 6.45) is 0.901. The van der Waals surface area contributed by atoms with Crippen molar-refractivity contribution < 1.29 is 13.2 Å². The zero-order valence-corrected chi connectivity index (χ0v) is 17.3. The fraction of sp³-hybridized carbons (Fsp3) is 0.381. The van der Waals surface area contributed by atoms with Crippen LogP contribution in [0.3, 0.4) is 0 Å². The molecule has 27 heavy (non-hydrogen) atoms. The number of benzene rings is 2. The van der Waals surface area contributed by atoms with Crippen molar-refractivity contribution in [3.8, 4) is 0 Å². The van der Waals surface area contributed by atoms with E-state index in [4.69, 9.17) is 0 Å². The van der Waals surface area contributed by atoms with E-state index in [1.807, 2.05) is 45.9 Å². The lowest BCUT2D eigenvalue weighted by Crippen LogP contribution is -2.30. The van der Waals surface area contributed by atoms with Gasteiger partial charge in [0.2, 0.25) is 15.9 Å². The van der Waals surface area contributed by atoms with Gasteiger partial charge in [-0.2, -0.15) is 4.31 Å². The van der Waals surface area contributed by atoms with Crippen molar-refractivity contribution in [2.45, 2.75) is 45.4 Å². The quantitative estimate of drug-likeness (QED) is 0.746. The highest BCUT2D eigenvalue weighted by molar-refractivity contribution is 7.89. The summed E-state index contributed by atoms with van der Waals surface area (Å²) in [5.74, 6) is -0.0523. The molecule has 0 saturated carbocycles. The summed E-state index contributed by atoms with van der Waals surface area (Å²) in [4.78, 5) is 12.5.